The van der Waals surface area contributed by atoms with Gasteiger partial charge in [-0.2, -0.15) is 0 Å². The second-order valence-corrected chi connectivity index (χ2v) is 8.33. The third-order valence-electron chi connectivity index (χ3n) is 4.56. The maximum atomic E-state index is 12.7. The Morgan fingerprint density at radius 3 is 2.47 bits per heavy atom. The number of carbonyl (C=O) groups excluding carboxylic acids is 2. The Kier molecular flexibility index (Phi) is 8.75. The zero-order valence-corrected chi connectivity index (χ0v) is 19.2. The molecule has 2 rings (SSSR count). The number of para-hydroxylation sites is 1. The van der Waals surface area contributed by atoms with Crippen LogP contribution in [0.5, 0.6) is 0 Å². The van der Waals surface area contributed by atoms with Crippen molar-refractivity contribution >= 4 is 17.7 Å². The van der Waals surface area contributed by atoms with Crippen molar-refractivity contribution in [3.8, 4) is 11.5 Å². The van der Waals surface area contributed by atoms with E-state index >= 15 is 0 Å². The second-order valence-electron chi connectivity index (χ2n) is 8.33. The molecule has 0 bridgehead atoms. The summed E-state index contributed by atoms with van der Waals surface area (Å²) in [6, 6.07) is 6.59. The molecule has 2 atom stereocenters. The quantitative estimate of drug-likeness (QED) is 0.478. The number of nitrogens with one attached hydrogen (secondary N) is 2. The summed E-state index contributed by atoms with van der Waals surface area (Å²) in [7, 11) is 0. The van der Waals surface area contributed by atoms with E-state index in [9.17, 15) is 9.59 Å². The molecule has 0 aliphatic carbocycles. The van der Waals surface area contributed by atoms with Gasteiger partial charge >= 0.3 is 6.09 Å². The Hall–Kier alpha value is -3.42. The van der Waals surface area contributed by atoms with E-state index < -0.39 is 17.7 Å². The van der Waals surface area contributed by atoms with Crippen molar-refractivity contribution in [3.63, 3.8) is 0 Å². The first-order chi connectivity index (χ1) is 15.2. The van der Waals surface area contributed by atoms with Crippen molar-refractivity contribution < 1.29 is 18.7 Å². The number of hydrogen-bond donors (Lipinski definition) is 2. The molecule has 2 amide bonds. The lowest BCUT2D eigenvalue weighted by atomic mass is 10.0. The third-order valence-corrected chi connectivity index (χ3v) is 4.56. The number of rotatable bonds is 10. The first kappa shape index (κ1) is 24.8. The maximum Gasteiger partial charge on any atom is 0.408 e. The number of hydrogen-bond acceptors (Lipinski definition) is 6. The van der Waals surface area contributed by atoms with Crippen molar-refractivity contribution in [2.45, 2.75) is 58.6 Å². The van der Waals surface area contributed by atoms with E-state index in [1.54, 1.807) is 45.1 Å². The Morgan fingerprint density at radius 1 is 1.16 bits per heavy atom. The molecule has 1 heterocycles. The number of nitrogens with zero attached hydrogens (tertiary/aromatic N) is 2. The van der Waals surface area contributed by atoms with Gasteiger partial charge in [0.25, 0.3) is 0 Å². The molecule has 0 spiro atoms. The van der Waals surface area contributed by atoms with Crippen LogP contribution in [0, 0.1) is 5.92 Å². The Balaban J connectivity index is 2.25. The van der Waals surface area contributed by atoms with Gasteiger partial charge in [-0.15, -0.1) is 23.4 Å². The average Bonchev–Trinajstić information content (AvgIpc) is 3.20. The molecule has 0 saturated heterocycles. The number of anilines is 1. The summed E-state index contributed by atoms with van der Waals surface area (Å²) < 4.78 is 11.2. The zero-order chi connectivity index (χ0) is 23.7. The molecule has 0 aliphatic heterocycles. The number of allylic oxidation sites excluding steroid dienone is 1. The number of benzene rings is 1. The minimum Gasteiger partial charge on any atom is -0.444 e. The van der Waals surface area contributed by atoms with Crippen molar-refractivity contribution in [3.05, 3.63) is 55.5 Å². The molecule has 2 unspecified atom stereocenters. The van der Waals surface area contributed by atoms with Crippen LogP contribution in [0.15, 0.2) is 54.0 Å². The number of carbonyl (C=O) groups is 2. The first-order valence-electron chi connectivity index (χ1n) is 10.6. The molecule has 1 aromatic carbocycles. The predicted molar refractivity (Wildman–Crippen MR) is 124 cm³/mol. The van der Waals surface area contributed by atoms with Gasteiger partial charge in [0, 0.05) is 5.92 Å². The van der Waals surface area contributed by atoms with Gasteiger partial charge in [0.1, 0.15) is 11.6 Å². The highest BCUT2D eigenvalue weighted by atomic mass is 16.6. The van der Waals surface area contributed by atoms with E-state index in [0.29, 0.717) is 30.5 Å². The normalized spacial score (nSPS) is 13.0. The second kappa shape index (κ2) is 11.3. The fourth-order valence-electron chi connectivity index (χ4n) is 3.00. The van der Waals surface area contributed by atoms with E-state index in [2.05, 4.69) is 34.0 Å². The Bertz CT molecular complexity index is 945. The summed E-state index contributed by atoms with van der Waals surface area (Å²) in [5.74, 6) is 0.169. The van der Waals surface area contributed by atoms with Gasteiger partial charge in [-0.25, -0.2) is 4.79 Å². The number of amides is 2. The van der Waals surface area contributed by atoms with Gasteiger partial charge < -0.3 is 19.8 Å². The van der Waals surface area contributed by atoms with Gasteiger partial charge in [-0.1, -0.05) is 31.2 Å². The van der Waals surface area contributed by atoms with Crippen molar-refractivity contribution in [2.75, 3.05) is 5.32 Å². The van der Waals surface area contributed by atoms with Crippen LogP contribution in [0.3, 0.4) is 0 Å². The van der Waals surface area contributed by atoms with Crippen LogP contribution >= 0.6 is 0 Å². The lowest BCUT2D eigenvalue weighted by molar-refractivity contribution is -0.119. The molecule has 0 saturated carbocycles. The van der Waals surface area contributed by atoms with Crippen LogP contribution < -0.4 is 10.6 Å². The fraction of sp³-hybridized carbons (Fsp3) is 0.417. The molecule has 8 nitrogen and oxygen atoms in total. The summed E-state index contributed by atoms with van der Waals surface area (Å²) in [6.07, 6.45) is 4.45. The van der Waals surface area contributed by atoms with Crippen LogP contribution in [0.1, 0.15) is 58.9 Å². The highest BCUT2D eigenvalue weighted by Gasteiger charge is 2.25. The monoisotopic (exact) mass is 440 g/mol. The largest absolute Gasteiger partial charge is 0.444 e. The molecule has 0 radical (unpaired) electrons. The summed E-state index contributed by atoms with van der Waals surface area (Å²) in [5, 5.41) is 13.9. The molecule has 32 heavy (non-hydrogen) atoms. The zero-order valence-electron chi connectivity index (χ0n) is 19.2. The molecule has 2 aromatic rings. The molecular weight excluding hydrogens is 408 g/mol. The summed E-state index contributed by atoms with van der Waals surface area (Å²) in [4.78, 5) is 24.9. The minimum atomic E-state index is -0.637. The fourth-order valence-corrected chi connectivity index (χ4v) is 3.00. The van der Waals surface area contributed by atoms with Crippen LogP contribution in [0.4, 0.5) is 10.5 Å². The van der Waals surface area contributed by atoms with Gasteiger partial charge in [-0.05, 0) is 52.2 Å². The molecule has 8 heteroatoms. The van der Waals surface area contributed by atoms with Gasteiger partial charge in [-0.3, -0.25) is 4.79 Å². The summed E-state index contributed by atoms with van der Waals surface area (Å²) in [5.41, 5.74) is 0.514. The molecule has 1 aromatic heterocycles. The van der Waals surface area contributed by atoms with Crippen LogP contribution in [-0.2, 0) is 9.53 Å². The van der Waals surface area contributed by atoms with E-state index in [4.69, 9.17) is 9.15 Å². The lowest BCUT2D eigenvalue weighted by Crippen LogP contribution is -2.35. The van der Waals surface area contributed by atoms with Crippen LogP contribution in [0.2, 0.25) is 0 Å². The number of ether oxygens (including phenoxy) is 1. The Labute approximate surface area is 189 Å². The average molecular weight is 441 g/mol. The molecule has 0 fully saturated rings. The highest BCUT2D eigenvalue weighted by molar-refractivity contribution is 5.96. The van der Waals surface area contributed by atoms with Crippen LogP contribution in [0.25, 0.3) is 11.5 Å². The van der Waals surface area contributed by atoms with Gasteiger partial charge in [0.05, 0.1) is 11.3 Å². The predicted octanol–water partition coefficient (Wildman–Crippen LogP) is 5.42. The minimum absolute atomic E-state index is 0.101. The van der Waals surface area contributed by atoms with Gasteiger partial charge in [0.15, 0.2) is 0 Å². The maximum absolute atomic E-state index is 12.7. The number of aromatic nitrogens is 2. The molecule has 2 N–H and O–H groups in total. The van der Waals surface area contributed by atoms with E-state index in [1.165, 1.54) is 0 Å². The van der Waals surface area contributed by atoms with E-state index in [1.807, 2.05) is 19.1 Å². The van der Waals surface area contributed by atoms with E-state index in [0.717, 1.165) is 0 Å². The molecular formula is C24H32N4O4. The summed E-state index contributed by atoms with van der Waals surface area (Å²) in [6.45, 7) is 14.7. The van der Waals surface area contributed by atoms with Gasteiger partial charge in [0.2, 0.25) is 17.7 Å². The van der Waals surface area contributed by atoms with Crippen molar-refractivity contribution in [2.24, 2.45) is 5.92 Å². The topological polar surface area (TPSA) is 106 Å². The molecule has 172 valence electrons. The highest BCUT2D eigenvalue weighted by Crippen LogP contribution is 2.29. The molecule has 0 aliphatic rings. The van der Waals surface area contributed by atoms with Crippen molar-refractivity contribution in [1.29, 1.82) is 0 Å². The Morgan fingerprint density at radius 2 is 1.84 bits per heavy atom. The van der Waals surface area contributed by atoms with Crippen LogP contribution in [-0.4, -0.2) is 27.8 Å². The SMILES string of the molecule is C=CCC(CC)C(=O)Nc1ccccc1-c1nnc(C(CC=C)NC(=O)OC(C)(C)C)o1. The number of alkyl carbamates (subject to hydrolysis) is 1. The van der Waals surface area contributed by atoms with E-state index in [-0.39, 0.29) is 23.6 Å². The summed E-state index contributed by atoms with van der Waals surface area (Å²) >= 11 is 0. The van der Waals surface area contributed by atoms with Crippen molar-refractivity contribution in [1.82, 2.24) is 15.5 Å². The lowest BCUT2D eigenvalue weighted by Gasteiger charge is -2.21. The smallest absolute Gasteiger partial charge is 0.408 e. The standard InChI is InChI=1S/C24H32N4O4/c1-7-12-16(9-3)20(29)25-18-15-11-10-14-17(18)21-27-28-22(31-21)19(13-8-2)26-23(30)32-24(4,5)6/h7-8,10-11,14-16,19H,1-2,9,12-13H2,3-6H3,(H,25,29)(H,26,30). The third kappa shape index (κ3) is 7.08. The first-order valence-corrected chi connectivity index (χ1v) is 10.6.